The Morgan fingerprint density at radius 2 is 1.26 bits per heavy atom. The van der Waals surface area contributed by atoms with Gasteiger partial charge in [0.05, 0.1) is 6.04 Å². The zero-order chi connectivity index (χ0) is 18.9. The van der Waals surface area contributed by atoms with E-state index in [2.05, 4.69) is 36.1 Å². The third-order valence-corrected chi connectivity index (χ3v) is 4.66. The number of nitrogens with zero attached hydrogens (tertiary/aromatic N) is 1. The molecule has 3 aromatic carbocycles. The Kier molecular flexibility index (Phi) is 7.00. The number of para-hydroxylation sites is 1. The van der Waals surface area contributed by atoms with Crippen molar-refractivity contribution in [1.82, 2.24) is 4.90 Å². The predicted molar refractivity (Wildman–Crippen MR) is 109 cm³/mol. The van der Waals surface area contributed by atoms with Crippen LogP contribution in [0.4, 0.5) is 4.39 Å². The largest absolute Gasteiger partial charge is 0.486 e. The summed E-state index contributed by atoms with van der Waals surface area (Å²) < 4.78 is 19.7. The minimum absolute atomic E-state index is 0.0609. The van der Waals surface area contributed by atoms with Crippen LogP contribution in [-0.4, -0.2) is 30.8 Å². The van der Waals surface area contributed by atoms with Gasteiger partial charge in [-0.1, -0.05) is 85.8 Å². The molecule has 0 heterocycles. The maximum absolute atomic E-state index is 13.8. The number of likely N-dealkylation sites (N-methyl/N-ethyl adjacent to an activating group) is 1. The average molecular weight is 363 g/mol. The van der Waals surface area contributed by atoms with Gasteiger partial charge in [-0.05, 0) is 29.8 Å². The number of halogens is 1. The van der Waals surface area contributed by atoms with Crippen LogP contribution < -0.4 is 4.74 Å². The second-order valence-corrected chi connectivity index (χ2v) is 6.52. The first-order valence-electron chi connectivity index (χ1n) is 9.43. The van der Waals surface area contributed by atoms with E-state index in [0.29, 0.717) is 12.3 Å². The highest BCUT2D eigenvalue weighted by Crippen LogP contribution is 2.29. The van der Waals surface area contributed by atoms with Crippen molar-refractivity contribution in [3.63, 3.8) is 0 Å². The Hall–Kier alpha value is -2.65. The summed E-state index contributed by atoms with van der Waals surface area (Å²) in [6.45, 7) is 2.89. The molecule has 0 saturated carbocycles. The van der Waals surface area contributed by atoms with Gasteiger partial charge < -0.3 is 4.74 Å². The summed E-state index contributed by atoms with van der Waals surface area (Å²) in [5.41, 5.74) is 2.39. The zero-order valence-electron chi connectivity index (χ0n) is 15.7. The van der Waals surface area contributed by atoms with Gasteiger partial charge in [-0.25, -0.2) is 4.39 Å². The molecule has 2 nitrogen and oxygen atoms in total. The summed E-state index contributed by atoms with van der Waals surface area (Å²) in [6.07, 6.45) is -0.512. The van der Waals surface area contributed by atoms with Gasteiger partial charge in [-0.15, -0.1) is 0 Å². The number of hydrogen-bond donors (Lipinski definition) is 0. The molecule has 0 aliphatic rings. The lowest BCUT2D eigenvalue weighted by molar-refractivity contribution is 0.0971. The van der Waals surface area contributed by atoms with Gasteiger partial charge in [0.25, 0.3) is 0 Å². The summed E-state index contributed by atoms with van der Waals surface area (Å²) in [5.74, 6) is 0.701. The van der Waals surface area contributed by atoms with Crippen LogP contribution in [0.2, 0.25) is 0 Å². The normalized spacial score (nSPS) is 12.3. The molecule has 0 spiro atoms. The van der Waals surface area contributed by atoms with Crippen molar-refractivity contribution in [3.8, 4) is 5.75 Å². The molecule has 3 aromatic rings. The molecule has 0 radical (unpaired) electrons. The lowest BCUT2D eigenvalue weighted by Crippen LogP contribution is -2.39. The lowest BCUT2D eigenvalue weighted by atomic mass is 9.96. The van der Waals surface area contributed by atoms with Crippen LogP contribution in [0.25, 0.3) is 0 Å². The van der Waals surface area contributed by atoms with Crippen LogP contribution in [0.3, 0.4) is 0 Å². The topological polar surface area (TPSA) is 12.5 Å². The van der Waals surface area contributed by atoms with E-state index >= 15 is 0 Å². The highest BCUT2D eigenvalue weighted by Gasteiger charge is 2.24. The molecular weight excluding hydrogens is 337 g/mol. The first kappa shape index (κ1) is 19.1. The van der Waals surface area contributed by atoms with Gasteiger partial charge in [-0.3, -0.25) is 4.90 Å². The number of rotatable bonds is 9. The maximum Gasteiger partial charge on any atom is 0.140 e. The van der Waals surface area contributed by atoms with Crippen LogP contribution in [0.1, 0.15) is 24.1 Å². The molecule has 0 fully saturated rings. The fourth-order valence-corrected chi connectivity index (χ4v) is 3.37. The Morgan fingerprint density at radius 1 is 0.778 bits per heavy atom. The summed E-state index contributed by atoms with van der Waals surface area (Å²) in [7, 11) is 0. The lowest BCUT2D eigenvalue weighted by Gasteiger charge is -2.34. The first-order chi connectivity index (χ1) is 13.3. The Morgan fingerprint density at radius 3 is 1.70 bits per heavy atom. The van der Waals surface area contributed by atoms with Crippen molar-refractivity contribution >= 4 is 0 Å². The average Bonchev–Trinajstić information content (AvgIpc) is 2.75. The fraction of sp³-hybridized carbons (Fsp3) is 0.250. The minimum Gasteiger partial charge on any atom is -0.486 e. The Labute approximate surface area is 161 Å². The van der Waals surface area contributed by atoms with E-state index in [1.54, 1.807) is 0 Å². The molecule has 27 heavy (non-hydrogen) atoms. The molecule has 0 saturated heterocycles. The minimum atomic E-state index is -0.526. The van der Waals surface area contributed by atoms with Gasteiger partial charge in [0.15, 0.2) is 0 Å². The van der Waals surface area contributed by atoms with Crippen molar-refractivity contribution in [2.24, 2.45) is 0 Å². The van der Waals surface area contributed by atoms with Gasteiger partial charge >= 0.3 is 0 Å². The fourth-order valence-electron chi connectivity index (χ4n) is 3.37. The first-order valence-corrected chi connectivity index (χ1v) is 9.43. The van der Waals surface area contributed by atoms with Crippen molar-refractivity contribution in [1.29, 1.82) is 0 Å². The second kappa shape index (κ2) is 9.89. The number of alkyl halides is 1. The molecule has 3 rings (SSSR count). The summed E-state index contributed by atoms with van der Waals surface area (Å²) >= 11 is 0. The quantitative estimate of drug-likeness (QED) is 0.497. The second-order valence-electron chi connectivity index (χ2n) is 6.52. The van der Waals surface area contributed by atoms with Crippen molar-refractivity contribution < 1.29 is 9.13 Å². The predicted octanol–water partition coefficient (Wildman–Crippen LogP) is 5.52. The molecule has 140 valence electrons. The van der Waals surface area contributed by atoms with Crippen LogP contribution in [0.5, 0.6) is 5.75 Å². The zero-order valence-corrected chi connectivity index (χ0v) is 15.7. The van der Waals surface area contributed by atoms with E-state index in [0.717, 1.165) is 6.54 Å². The third kappa shape index (κ3) is 5.18. The Bertz CT molecular complexity index is 740. The Balaban J connectivity index is 1.84. The molecule has 0 aliphatic carbocycles. The van der Waals surface area contributed by atoms with Crippen molar-refractivity contribution in [2.75, 3.05) is 19.8 Å². The molecule has 1 atom stereocenters. The van der Waals surface area contributed by atoms with E-state index < -0.39 is 12.8 Å². The van der Waals surface area contributed by atoms with Gasteiger partial charge in [-0.2, -0.15) is 0 Å². The van der Waals surface area contributed by atoms with E-state index in [-0.39, 0.29) is 6.04 Å². The smallest absolute Gasteiger partial charge is 0.140 e. The number of benzene rings is 3. The molecule has 0 aromatic heterocycles. The SMILES string of the molecule is CCN(C[C@@H](CF)Oc1ccccc1)C(c1ccccc1)c1ccccc1. The van der Waals surface area contributed by atoms with E-state index in [1.807, 2.05) is 66.7 Å². The molecule has 0 N–H and O–H groups in total. The maximum atomic E-state index is 13.8. The van der Waals surface area contributed by atoms with E-state index in [1.165, 1.54) is 11.1 Å². The summed E-state index contributed by atoms with van der Waals surface area (Å²) in [6, 6.07) is 30.3. The standard InChI is InChI=1S/C24H26FNO/c1-2-26(19-23(18-25)27-22-16-10-5-11-17-22)24(20-12-6-3-7-13-20)21-14-8-4-9-15-21/h3-17,23-24H,2,18-19H2,1H3/t23-/m1/s1. The molecule has 0 bridgehead atoms. The van der Waals surface area contributed by atoms with Gasteiger partial charge in [0.2, 0.25) is 0 Å². The number of ether oxygens (including phenoxy) is 1. The van der Waals surface area contributed by atoms with Crippen LogP contribution in [0.15, 0.2) is 91.0 Å². The van der Waals surface area contributed by atoms with Gasteiger partial charge in [0, 0.05) is 6.54 Å². The van der Waals surface area contributed by atoms with Crippen LogP contribution >= 0.6 is 0 Å². The summed E-state index contributed by atoms with van der Waals surface area (Å²) in [4.78, 5) is 2.28. The molecule has 0 unspecified atom stereocenters. The molecule has 3 heteroatoms. The third-order valence-electron chi connectivity index (χ3n) is 4.66. The molecule has 0 aliphatic heterocycles. The monoisotopic (exact) mass is 363 g/mol. The van der Waals surface area contributed by atoms with Gasteiger partial charge in [0.1, 0.15) is 18.5 Å². The highest BCUT2D eigenvalue weighted by atomic mass is 19.1. The highest BCUT2D eigenvalue weighted by molar-refractivity contribution is 5.32. The van der Waals surface area contributed by atoms with E-state index in [9.17, 15) is 4.39 Å². The van der Waals surface area contributed by atoms with Crippen LogP contribution in [-0.2, 0) is 0 Å². The van der Waals surface area contributed by atoms with Crippen molar-refractivity contribution in [3.05, 3.63) is 102 Å². The number of hydrogen-bond acceptors (Lipinski definition) is 2. The molecule has 0 amide bonds. The van der Waals surface area contributed by atoms with E-state index in [4.69, 9.17) is 4.74 Å². The van der Waals surface area contributed by atoms with Crippen LogP contribution in [0, 0.1) is 0 Å². The molecular formula is C24H26FNO. The summed E-state index contributed by atoms with van der Waals surface area (Å²) in [5, 5.41) is 0. The van der Waals surface area contributed by atoms with Crippen molar-refractivity contribution in [2.45, 2.75) is 19.1 Å².